The minimum absolute atomic E-state index is 0.0242. The molecule has 3 N–H and O–H groups in total. The zero-order valence-electron chi connectivity index (χ0n) is 18.6. The smallest absolute Gasteiger partial charge is 0.269 e. The third kappa shape index (κ3) is 4.21. The fourth-order valence-corrected chi connectivity index (χ4v) is 4.13. The maximum atomic E-state index is 12.1. The number of nitrogens with one attached hydrogen (secondary N) is 2. The molecule has 3 aromatic rings. The lowest BCUT2D eigenvalue weighted by molar-refractivity contribution is 0.0958. The number of anilines is 1. The number of nitrogens with zero attached hydrogens (tertiary/aromatic N) is 4. The van der Waals surface area contributed by atoms with Gasteiger partial charge in [-0.05, 0) is 43.2 Å². The first-order valence-corrected chi connectivity index (χ1v) is 10.7. The highest BCUT2D eigenvalue weighted by molar-refractivity contribution is 5.92. The van der Waals surface area contributed by atoms with Gasteiger partial charge in [-0.1, -0.05) is 0 Å². The summed E-state index contributed by atoms with van der Waals surface area (Å²) in [6, 6.07) is 5.50. The van der Waals surface area contributed by atoms with Gasteiger partial charge in [0.1, 0.15) is 5.69 Å². The fraction of sp³-hybridized carbons (Fsp3) is 0.391. The highest BCUT2D eigenvalue weighted by atomic mass is 16.3. The van der Waals surface area contributed by atoms with Gasteiger partial charge < -0.3 is 20.3 Å². The van der Waals surface area contributed by atoms with E-state index in [0.29, 0.717) is 24.3 Å². The predicted octanol–water partition coefficient (Wildman–Crippen LogP) is 0.978. The molecule has 1 aliphatic heterocycles. The van der Waals surface area contributed by atoms with E-state index < -0.39 is 0 Å². The number of carbonyl (C=O) groups is 1. The van der Waals surface area contributed by atoms with Crippen molar-refractivity contribution in [1.82, 2.24) is 25.2 Å². The molecule has 4 rings (SSSR count). The van der Waals surface area contributed by atoms with Gasteiger partial charge in [0.2, 0.25) is 0 Å². The van der Waals surface area contributed by atoms with Gasteiger partial charge in [-0.25, -0.2) is 4.98 Å². The Hall–Kier alpha value is -3.30. The summed E-state index contributed by atoms with van der Waals surface area (Å²) < 4.78 is 0. The minimum atomic E-state index is -0.217. The topological polar surface area (TPSA) is 114 Å². The van der Waals surface area contributed by atoms with Gasteiger partial charge in [-0.3, -0.25) is 19.5 Å². The van der Waals surface area contributed by atoms with Crippen LogP contribution in [0.25, 0.3) is 11.0 Å². The summed E-state index contributed by atoms with van der Waals surface area (Å²) in [5, 5.41) is 12.6. The second-order valence-electron chi connectivity index (χ2n) is 8.18. The molecule has 1 fully saturated rings. The predicted molar refractivity (Wildman–Crippen MR) is 123 cm³/mol. The first-order chi connectivity index (χ1) is 15.4. The quantitative estimate of drug-likeness (QED) is 0.546. The molecule has 1 saturated heterocycles. The molecule has 0 aliphatic carbocycles. The Morgan fingerprint density at radius 3 is 2.72 bits per heavy atom. The van der Waals surface area contributed by atoms with Crippen molar-refractivity contribution in [3.8, 4) is 0 Å². The first-order valence-electron chi connectivity index (χ1n) is 10.7. The summed E-state index contributed by atoms with van der Waals surface area (Å²) in [6.45, 7) is 6.54. The molecule has 1 aliphatic rings. The molecule has 0 saturated carbocycles. The molecule has 1 atom stereocenters. The van der Waals surface area contributed by atoms with Gasteiger partial charge in [0.05, 0.1) is 35.6 Å². The number of amides is 1. The molecular formula is C23H28N6O3. The average molecular weight is 437 g/mol. The van der Waals surface area contributed by atoms with Crippen LogP contribution in [0.2, 0.25) is 0 Å². The number of aromatic nitrogens is 3. The Morgan fingerprint density at radius 2 is 2.03 bits per heavy atom. The van der Waals surface area contributed by atoms with Gasteiger partial charge in [0.25, 0.3) is 11.5 Å². The second-order valence-corrected chi connectivity index (χ2v) is 8.18. The minimum Gasteiger partial charge on any atom is -0.395 e. The highest BCUT2D eigenvalue weighted by Gasteiger charge is 2.27. The highest BCUT2D eigenvalue weighted by Crippen LogP contribution is 2.22. The normalized spacial score (nSPS) is 17.0. The van der Waals surface area contributed by atoms with Crippen LogP contribution in [0.4, 0.5) is 5.69 Å². The number of H-pyrrole nitrogens is 1. The molecule has 1 unspecified atom stereocenters. The molecular weight excluding hydrogens is 408 g/mol. The van der Waals surface area contributed by atoms with Crippen LogP contribution in [0.15, 0.2) is 35.4 Å². The van der Waals surface area contributed by atoms with Gasteiger partial charge in [-0.15, -0.1) is 0 Å². The summed E-state index contributed by atoms with van der Waals surface area (Å²) in [5.74, 6) is -0.217. The van der Waals surface area contributed by atoms with Crippen molar-refractivity contribution in [2.24, 2.45) is 0 Å². The van der Waals surface area contributed by atoms with E-state index >= 15 is 0 Å². The molecule has 0 aromatic carbocycles. The SMILES string of the molecule is CNC(=O)c1ccc(N2CCN(Cc3cnc4c(C)c(C)c(=O)[nH]c4c3)C(CO)C2)cn1. The number of fused-ring (bicyclic) bond motifs is 1. The Kier molecular flexibility index (Phi) is 6.20. The number of carbonyl (C=O) groups excluding carboxylic acids is 1. The summed E-state index contributed by atoms with van der Waals surface area (Å²) >= 11 is 0. The Labute approximate surface area is 186 Å². The van der Waals surface area contributed by atoms with E-state index in [4.69, 9.17) is 0 Å². The monoisotopic (exact) mass is 436 g/mol. The van der Waals surface area contributed by atoms with Crippen molar-refractivity contribution in [3.05, 3.63) is 63.3 Å². The summed E-state index contributed by atoms with van der Waals surface area (Å²) in [6.07, 6.45) is 3.54. The molecule has 0 bridgehead atoms. The van der Waals surface area contributed by atoms with Crippen molar-refractivity contribution in [2.75, 3.05) is 38.2 Å². The number of pyridine rings is 3. The Bertz CT molecular complexity index is 1190. The van der Waals surface area contributed by atoms with E-state index in [9.17, 15) is 14.7 Å². The van der Waals surface area contributed by atoms with Crippen LogP contribution >= 0.6 is 0 Å². The molecule has 4 heterocycles. The van der Waals surface area contributed by atoms with E-state index in [1.165, 1.54) is 0 Å². The zero-order chi connectivity index (χ0) is 22.8. The second kappa shape index (κ2) is 9.05. The van der Waals surface area contributed by atoms with Crippen LogP contribution in [-0.4, -0.2) is 70.2 Å². The van der Waals surface area contributed by atoms with Gasteiger partial charge >= 0.3 is 0 Å². The maximum absolute atomic E-state index is 12.1. The Balaban J connectivity index is 1.48. The number of aromatic amines is 1. The van der Waals surface area contributed by atoms with Gasteiger partial charge in [-0.2, -0.15) is 0 Å². The van der Waals surface area contributed by atoms with Crippen molar-refractivity contribution < 1.29 is 9.90 Å². The van der Waals surface area contributed by atoms with E-state index in [1.807, 2.05) is 25.3 Å². The fourth-order valence-electron chi connectivity index (χ4n) is 4.13. The lowest BCUT2D eigenvalue weighted by Crippen LogP contribution is -2.54. The van der Waals surface area contributed by atoms with Gasteiger partial charge in [0, 0.05) is 45.0 Å². The molecule has 0 radical (unpaired) electrons. The van der Waals surface area contributed by atoms with Crippen LogP contribution in [0.5, 0.6) is 0 Å². The Morgan fingerprint density at radius 1 is 1.22 bits per heavy atom. The van der Waals surface area contributed by atoms with Crippen LogP contribution in [-0.2, 0) is 6.54 Å². The zero-order valence-corrected chi connectivity index (χ0v) is 18.6. The summed E-state index contributed by atoms with van der Waals surface area (Å²) in [7, 11) is 1.58. The molecule has 1 amide bonds. The third-order valence-electron chi connectivity index (χ3n) is 6.22. The summed E-state index contributed by atoms with van der Waals surface area (Å²) in [5.41, 5.74) is 5.32. The van der Waals surface area contributed by atoms with Crippen LogP contribution in [0, 0.1) is 13.8 Å². The van der Waals surface area contributed by atoms with E-state index in [1.54, 1.807) is 26.2 Å². The number of aryl methyl sites for hydroxylation is 1. The van der Waals surface area contributed by atoms with E-state index in [2.05, 4.69) is 30.1 Å². The van der Waals surface area contributed by atoms with Crippen molar-refractivity contribution in [3.63, 3.8) is 0 Å². The molecule has 9 nitrogen and oxygen atoms in total. The average Bonchev–Trinajstić information content (AvgIpc) is 2.82. The lowest BCUT2D eigenvalue weighted by Gasteiger charge is -2.41. The van der Waals surface area contributed by atoms with E-state index in [-0.39, 0.29) is 24.1 Å². The molecule has 32 heavy (non-hydrogen) atoms. The van der Waals surface area contributed by atoms with Gasteiger partial charge in [0.15, 0.2) is 0 Å². The largest absolute Gasteiger partial charge is 0.395 e. The lowest BCUT2D eigenvalue weighted by atomic mass is 10.1. The van der Waals surface area contributed by atoms with Crippen molar-refractivity contribution in [1.29, 1.82) is 0 Å². The number of aliphatic hydroxyl groups excluding tert-OH is 1. The van der Waals surface area contributed by atoms with Crippen LogP contribution < -0.4 is 15.8 Å². The molecule has 3 aromatic heterocycles. The standard InChI is InChI=1S/C23H28N6O3/c1-14-15(2)22(31)27-20-8-16(9-26-21(14)20)11-28-6-7-29(12-18(28)13-30)17-4-5-19(25-10-17)23(32)24-3/h4-5,8-10,18,30H,6-7,11-13H2,1-3H3,(H,24,32)(H,27,31). The number of aliphatic hydroxyl groups is 1. The van der Waals surface area contributed by atoms with Crippen molar-refractivity contribution >= 4 is 22.6 Å². The number of rotatable bonds is 5. The maximum Gasteiger partial charge on any atom is 0.269 e. The number of hydrogen-bond donors (Lipinski definition) is 3. The number of hydrogen-bond acceptors (Lipinski definition) is 7. The van der Waals surface area contributed by atoms with E-state index in [0.717, 1.165) is 40.9 Å². The van der Waals surface area contributed by atoms with Crippen LogP contribution in [0.3, 0.4) is 0 Å². The third-order valence-corrected chi connectivity index (χ3v) is 6.22. The molecule has 9 heteroatoms. The van der Waals surface area contributed by atoms with Crippen molar-refractivity contribution in [2.45, 2.75) is 26.4 Å². The summed E-state index contributed by atoms with van der Waals surface area (Å²) in [4.78, 5) is 40.0. The first kappa shape index (κ1) is 21.9. The molecule has 0 spiro atoms. The number of piperazine rings is 1. The van der Waals surface area contributed by atoms with Crippen LogP contribution in [0.1, 0.15) is 27.2 Å². The molecule has 168 valence electrons.